The van der Waals surface area contributed by atoms with Crippen molar-refractivity contribution in [3.8, 4) is 21.1 Å². The minimum Gasteiger partial charge on any atom is -0.453 e. The van der Waals surface area contributed by atoms with Crippen LogP contribution >= 0.6 is 22.7 Å². The Balaban J connectivity index is 1.86. The van der Waals surface area contributed by atoms with Crippen LogP contribution in [-0.4, -0.2) is 23.2 Å². The molecule has 11 heteroatoms. The number of thiazole rings is 2. The quantitative estimate of drug-likeness (QED) is 0.290. The van der Waals surface area contributed by atoms with Crippen molar-refractivity contribution in [2.24, 2.45) is 5.84 Å². The number of methoxy groups -OCH3 is 1. The minimum absolute atomic E-state index is 0.0524. The first-order valence-corrected chi connectivity index (χ1v) is 9.42. The average molecular weight is 408 g/mol. The summed E-state index contributed by atoms with van der Waals surface area (Å²) in [5, 5.41) is 5.82. The zero-order valence-electron chi connectivity index (χ0n) is 14.5. The van der Waals surface area contributed by atoms with Crippen LogP contribution in [0.15, 0.2) is 17.5 Å². The molecule has 2 heterocycles. The van der Waals surface area contributed by atoms with E-state index in [-0.39, 0.29) is 17.9 Å². The molecule has 1 amide bonds. The average Bonchev–Trinajstić information content (AvgIpc) is 3.26. The fourth-order valence-electron chi connectivity index (χ4n) is 2.40. The van der Waals surface area contributed by atoms with Gasteiger partial charge in [-0.05, 0) is 19.1 Å². The number of carbonyl (C=O) groups excluding carboxylic acids is 1. The van der Waals surface area contributed by atoms with Gasteiger partial charge in [0, 0.05) is 10.9 Å². The summed E-state index contributed by atoms with van der Waals surface area (Å²) in [4.78, 5) is 21.1. The summed E-state index contributed by atoms with van der Waals surface area (Å²) >= 11 is 2.80. The van der Waals surface area contributed by atoms with Gasteiger partial charge in [-0.3, -0.25) is 5.84 Å². The Morgan fingerprint density at radius 2 is 2.15 bits per heavy atom. The summed E-state index contributed by atoms with van der Waals surface area (Å²) in [5.41, 5.74) is 10.4. The minimum atomic E-state index is -0.547. The lowest BCUT2D eigenvalue weighted by Gasteiger charge is -2.07. The fourth-order valence-corrected chi connectivity index (χ4v) is 4.24. The van der Waals surface area contributed by atoms with E-state index in [2.05, 4.69) is 25.4 Å². The first-order chi connectivity index (χ1) is 12.9. The second kappa shape index (κ2) is 7.86. The molecule has 0 atom stereocenters. The van der Waals surface area contributed by atoms with E-state index in [1.54, 1.807) is 6.07 Å². The number of aryl methyl sites for hydroxylation is 1. The maximum atomic E-state index is 14.1. The molecule has 0 fully saturated rings. The number of nitrogens with two attached hydrogens (primary N) is 2. The molecule has 1 aromatic carbocycles. The molecule has 0 bridgehead atoms. The first kappa shape index (κ1) is 19.0. The number of alkyl carbamates (subject to hydrolysis) is 1. The Morgan fingerprint density at radius 1 is 1.37 bits per heavy atom. The van der Waals surface area contributed by atoms with Gasteiger partial charge in [-0.15, -0.1) is 22.7 Å². The highest BCUT2D eigenvalue weighted by Gasteiger charge is 2.16. The van der Waals surface area contributed by atoms with E-state index in [1.165, 1.54) is 35.8 Å². The predicted molar refractivity (Wildman–Crippen MR) is 105 cm³/mol. The third-order valence-corrected chi connectivity index (χ3v) is 5.73. The van der Waals surface area contributed by atoms with Gasteiger partial charge < -0.3 is 21.2 Å². The summed E-state index contributed by atoms with van der Waals surface area (Å²) in [6.45, 7) is 2.14. The van der Waals surface area contributed by atoms with Gasteiger partial charge in [-0.2, -0.15) is 0 Å². The molecule has 0 saturated carbocycles. The zero-order chi connectivity index (χ0) is 19.6. The van der Waals surface area contributed by atoms with E-state index in [1.807, 2.05) is 12.3 Å². The summed E-state index contributed by atoms with van der Waals surface area (Å²) < 4.78 is 18.6. The van der Waals surface area contributed by atoms with E-state index < -0.39 is 11.9 Å². The Hall–Kier alpha value is -2.76. The standard InChI is InChI=1S/C16H17FN6O2S2/c1-7-14(27-12(21-7)5-20-16(24)25-2)11-6-26-15(22-11)8-3-9(17)13(23-19)10(18)4-8/h3-4,6,23H,5,18-19H2,1-2H3,(H,20,24). The van der Waals surface area contributed by atoms with Crippen molar-refractivity contribution in [3.63, 3.8) is 0 Å². The van der Waals surface area contributed by atoms with Crippen LogP contribution in [-0.2, 0) is 11.3 Å². The van der Waals surface area contributed by atoms with E-state index >= 15 is 0 Å². The number of halogens is 1. The Bertz CT molecular complexity index is 964. The second-order valence-corrected chi connectivity index (χ2v) is 7.41. The summed E-state index contributed by atoms with van der Waals surface area (Å²) in [5.74, 6) is 4.72. The molecule has 0 spiro atoms. The molecule has 0 radical (unpaired) electrons. The SMILES string of the molecule is COC(=O)NCc1nc(C)c(-c2csc(-c3cc(N)c(NN)c(F)c3)n2)s1. The van der Waals surface area contributed by atoms with Gasteiger partial charge >= 0.3 is 6.09 Å². The number of nitrogens with zero attached hydrogens (tertiary/aromatic N) is 2. The number of benzene rings is 1. The third kappa shape index (κ3) is 3.99. The van der Waals surface area contributed by atoms with Crippen molar-refractivity contribution < 1.29 is 13.9 Å². The molecule has 0 saturated heterocycles. The number of nitrogen functional groups attached to an aromatic ring is 2. The van der Waals surface area contributed by atoms with Crippen molar-refractivity contribution >= 4 is 40.1 Å². The van der Waals surface area contributed by atoms with Gasteiger partial charge in [0.05, 0.1) is 35.6 Å². The molecule has 0 aliphatic carbocycles. The number of amides is 1. The van der Waals surface area contributed by atoms with Gasteiger partial charge in [0.2, 0.25) is 0 Å². The first-order valence-electron chi connectivity index (χ1n) is 7.73. The fraction of sp³-hybridized carbons (Fsp3) is 0.188. The lowest BCUT2D eigenvalue weighted by Crippen LogP contribution is -2.22. The molecule has 8 nitrogen and oxygen atoms in total. The van der Waals surface area contributed by atoms with Crippen LogP contribution in [0.25, 0.3) is 21.1 Å². The normalized spacial score (nSPS) is 10.7. The maximum Gasteiger partial charge on any atom is 0.407 e. The number of nitrogens with one attached hydrogen (secondary N) is 2. The number of carbonyl (C=O) groups is 1. The number of aromatic nitrogens is 2. The van der Waals surface area contributed by atoms with Crippen LogP contribution in [0.4, 0.5) is 20.6 Å². The van der Waals surface area contributed by atoms with Crippen LogP contribution in [0.3, 0.4) is 0 Å². The van der Waals surface area contributed by atoms with E-state index in [4.69, 9.17) is 11.6 Å². The Morgan fingerprint density at radius 3 is 2.81 bits per heavy atom. The van der Waals surface area contributed by atoms with Gasteiger partial charge in [0.15, 0.2) is 0 Å². The van der Waals surface area contributed by atoms with Crippen molar-refractivity contribution in [1.29, 1.82) is 0 Å². The summed E-state index contributed by atoms with van der Waals surface area (Å²) in [7, 11) is 1.30. The molecule has 3 aromatic rings. The van der Waals surface area contributed by atoms with E-state index in [0.717, 1.165) is 21.3 Å². The highest BCUT2D eigenvalue weighted by Crippen LogP contribution is 2.36. The van der Waals surface area contributed by atoms with E-state index in [9.17, 15) is 9.18 Å². The van der Waals surface area contributed by atoms with Crippen LogP contribution in [0.1, 0.15) is 10.7 Å². The summed E-state index contributed by atoms with van der Waals surface area (Å²) in [6, 6.07) is 2.95. The number of hydrazine groups is 1. The third-order valence-electron chi connectivity index (χ3n) is 3.66. The van der Waals surface area contributed by atoms with Crippen LogP contribution < -0.4 is 22.3 Å². The van der Waals surface area contributed by atoms with Crippen LogP contribution in [0.5, 0.6) is 0 Å². The monoisotopic (exact) mass is 408 g/mol. The smallest absolute Gasteiger partial charge is 0.407 e. The number of hydrogen-bond acceptors (Lipinski definition) is 9. The molecular formula is C16H17FN6O2S2. The topological polar surface area (TPSA) is 128 Å². The molecule has 2 aromatic heterocycles. The molecule has 27 heavy (non-hydrogen) atoms. The summed E-state index contributed by atoms with van der Waals surface area (Å²) in [6.07, 6.45) is -0.518. The van der Waals surface area contributed by atoms with Crippen molar-refractivity contribution in [2.75, 3.05) is 18.3 Å². The number of hydrogen-bond donors (Lipinski definition) is 4. The predicted octanol–water partition coefficient (Wildman–Crippen LogP) is 3.10. The number of anilines is 2. The Kier molecular flexibility index (Phi) is 5.54. The second-order valence-electron chi connectivity index (χ2n) is 5.47. The zero-order valence-corrected chi connectivity index (χ0v) is 16.1. The number of ether oxygens (including phenoxy) is 1. The lowest BCUT2D eigenvalue weighted by atomic mass is 10.1. The largest absolute Gasteiger partial charge is 0.453 e. The number of rotatable bonds is 5. The van der Waals surface area contributed by atoms with Crippen molar-refractivity contribution in [1.82, 2.24) is 15.3 Å². The van der Waals surface area contributed by atoms with Crippen molar-refractivity contribution in [2.45, 2.75) is 13.5 Å². The van der Waals surface area contributed by atoms with Gasteiger partial charge in [-0.25, -0.2) is 19.2 Å². The highest BCUT2D eigenvalue weighted by atomic mass is 32.1. The van der Waals surface area contributed by atoms with Gasteiger partial charge in [-0.1, -0.05) is 0 Å². The molecule has 3 rings (SSSR count). The molecule has 142 valence electrons. The molecule has 0 aliphatic heterocycles. The lowest BCUT2D eigenvalue weighted by molar-refractivity contribution is 0.170. The van der Waals surface area contributed by atoms with Crippen LogP contribution in [0, 0.1) is 12.7 Å². The molecule has 0 unspecified atom stereocenters. The molecular weight excluding hydrogens is 391 g/mol. The van der Waals surface area contributed by atoms with Gasteiger partial charge in [0.1, 0.15) is 21.5 Å². The Labute approximate surface area is 162 Å². The molecule has 0 aliphatic rings. The highest BCUT2D eigenvalue weighted by molar-refractivity contribution is 7.16. The van der Waals surface area contributed by atoms with Crippen molar-refractivity contribution in [3.05, 3.63) is 34.0 Å². The maximum absolute atomic E-state index is 14.1. The molecule has 6 N–H and O–H groups in total. The van der Waals surface area contributed by atoms with E-state index in [0.29, 0.717) is 10.6 Å². The van der Waals surface area contributed by atoms with Gasteiger partial charge in [0.25, 0.3) is 0 Å². The van der Waals surface area contributed by atoms with Crippen LogP contribution in [0.2, 0.25) is 0 Å².